The number of ketones is 1. The number of hydrogen-bond acceptors (Lipinski definition) is 2. The molecule has 1 N–H and O–H groups in total. The molecule has 2 rings (SSSR count). The van der Waals surface area contributed by atoms with E-state index in [9.17, 15) is 9.59 Å². The van der Waals surface area contributed by atoms with E-state index >= 15 is 0 Å². The number of carboxylic acids is 1. The molecule has 98 valence electrons. The molecule has 0 heterocycles. The molecular weight excluding hydrogens is 260 g/mol. The summed E-state index contributed by atoms with van der Waals surface area (Å²) in [7, 11) is 0. The van der Waals surface area contributed by atoms with Gasteiger partial charge in [-0.2, -0.15) is 12.8 Å². The predicted octanol–water partition coefficient (Wildman–Crippen LogP) is 2.65. The third-order valence-electron chi connectivity index (χ3n) is 3.18. The molecule has 0 bridgehead atoms. The smallest absolute Gasteiger partial charge is 0.483 e. The molecule has 2 aliphatic carbocycles. The van der Waals surface area contributed by atoms with Crippen molar-refractivity contribution < 1.29 is 31.8 Å². The first-order valence-electron chi connectivity index (χ1n) is 6.01. The maximum atomic E-state index is 10.6. The van der Waals surface area contributed by atoms with Gasteiger partial charge in [-0.3, -0.25) is 4.79 Å². The van der Waals surface area contributed by atoms with Crippen molar-refractivity contribution in [2.45, 2.75) is 45.4 Å². The van der Waals surface area contributed by atoms with Gasteiger partial charge in [0.25, 0.3) is 5.97 Å². The fraction of sp³-hybridized carbons (Fsp3) is 0.692. The van der Waals surface area contributed by atoms with Crippen molar-refractivity contribution in [2.24, 2.45) is 11.8 Å². The summed E-state index contributed by atoms with van der Waals surface area (Å²) in [6.45, 7) is 1.67. The Morgan fingerprint density at radius 1 is 1.06 bits per heavy atom. The Kier molecular flexibility index (Phi) is 8.53. The predicted molar refractivity (Wildman–Crippen MR) is 61.6 cm³/mol. The summed E-state index contributed by atoms with van der Waals surface area (Å²) in [6.07, 6.45) is 10.3. The van der Waals surface area contributed by atoms with Gasteiger partial charge in [-0.25, -0.2) is 0 Å². The van der Waals surface area contributed by atoms with Gasteiger partial charge in [-0.15, -0.1) is 5.92 Å². The van der Waals surface area contributed by atoms with Crippen LogP contribution in [0, 0.1) is 24.7 Å². The molecule has 3 nitrogen and oxygen atoms in total. The minimum Gasteiger partial charge on any atom is -0.483 e. The maximum absolute atomic E-state index is 10.6. The Morgan fingerprint density at radius 2 is 1.53 bits per heavy atom. The molecule has 2 aliphatic rings. The van der Waals surface area contributed by atoms with Crippen molar-refractivity contribution >= 4 is 11.8 Å². The minimum absolute atomic E-state index is 0. The first-order valence-corrected chi connectivity index (χ1v) is 6.01. The van der Waals surface area contributed by atoms with E-state index in [1.54, 1.807) is 6.92 Å². The summed E-state index contributed by atoms with van der Waals surface area (Å²) in [5.41, 5.74) is 0. The molecule has 0 amide bonds. The monoisotopic (exact) mass is 280 g/mol. The van der Waals surface area contributed by atoms with Crippen molar-refractivity contribution in [3.63, 3.8) is 0 Å². The number of rotatable bonds is 2. The van der Waals surface area contributed by atoms with Crippen LogP contribution >= 0.6 is 0 Å². The molecule has 0 aliphatic heterocycles. The number of carboxylic acid groups (broad SMARTS) is 1. The van der Waals surface area contributed by atoms with Gasteiger partial charge in [-0.1, -0.05) is 31.6 Å². The van der Waals surface area contributed by atoms with Gasteiger partial charge in [0.05, 0.1) is 0 Å². The molecule has 2 unspecified atom stereocenters. The van der Waals surface area contributed by atoms with E-state index in [2.05, 4.69) is 6.42 Å². The van der Waals surface area contributed by atoms with Crippen LogP contribution in [-0.2, 0) is 26.7 Å². The van der Waals surface area contributed by atoms with E-state index in [1.807, 2.05) is 6.42 Å². The summed E-state index contributed by atoms with van der Waals surface area (Å²) in [6, 6.07) is 0. The van der Waals surface area contributed by atoms with Crippen molar-refractivity contribution in [3.8, 4) is 0 Å². The number of carbonyl (C=O) groups is 2. The van der Waals surface area contributed by atoms with Crippen molar-refractivity contribution in [2.75, 3.05) is 0 Å². The zero-order valence-electron chi connectivity index (χ0n) is 10.2. The quantitative estimate of drug-likeness (QED) is 0.625. The number of aliphatic carboxylic acids is 1. The van der Waals surface area contributed by atoms with Gasteiger partial charge >= 0.3 is 17.1 Å². The third-order valence-corrected chi connectivity index (χ3v) is 3.18. The average Bonchev–Trinajstić information content (AvgIpc) is 2.93. The largest absolute Gasteiger partial charge is 2.00 e. The molecule has 0 radical (unpaired) electrons. The molecular formula is C13H20FeO3. The van der Waals surface area contributed by atoms with E-state index in [4.69, 9.17) is 5.11 Å². The molecule has 0 aromatic carbocycles. The number of hydrogen-bond donors (Lipinski definition) is 1. The standard InChI is InChI=1S/C7H11O.C6H9O2.Fe/c1-6(8)7-4-2-3-5-7;7-6(8)5-3-1-2-4-5;/h4,7H,2-3,5H2,1H3;3,5H,1-2,4H2,(H,7,8);/q2*-1;+2. The Hall–Kier alpha value is -0.341. The van der Waals surface area contributed by atoms with Crippen LogP contribution in [0.5, 0.6) is 0 Å². The van der Waals surface area contributed by atoms with Gasteiger partial charge in [0.1, 0.15) is 5.78 Å². The molecule has 0 saturated heterocycles. The number of carbonyl (C=O) groups excluding carboxylic acids is 1. The van der Waals surface area contributed by atoms with Crippen LogP contribution in [0.2, 0.25) is 0 Å². The molecule has 0 aromatic heterocycles. The molecule has 17 heavy (non-hydrogen) atoms. The molecule has 4 heteroatoms. The Balaban J connectivity index is 0.000000284. The van der Waals surface area contributed by atoms with E-state index in [0.29, 0.717) is 11.7 Å². The van der Waals surface area contributed by atoms with Gasteiger partial charge in [0.15, 0.2) is 0 Å². The van der Waals surface area contributed by atoms with Crippen molar-refractivity contribution in [3.05, 3.63) is 12.8 Å². The summed E-state index contributed by atoms with van der Waals surface area (Å²) in [5, 5.41) is 8.38. The molecule has 2 atom stereocenters. The van der Waals surface area contributed by atoms with Crippen LogP contribution in [0.25, 0.3) is 0 Å². The number of Topliss-reactive ketones (excluding diaryl/α,β-unsaturated/α-hetero) is 1. The Bertz CT molecular complexity index is 215. The molecule has 2 saturated carbocycles. The molecule has 2 fully saturated rings. The van der Waals surface area contributed by atoms with Crippen LogP contribution < -0.4 is 0 Å². The summed E-state index contributed by atoms with van der Waals surface area (Å²) >= 11 is 0. The Labute approximate surface area is 114 Å². The topological polar surface area (TPSA) is 54.4 Å². The van der Waals surface area contributed by atoms with E-state index in [-0.39, 0.29) is 23.0 Å². The van der Waals surface area contributed by atoms with Crippen molar-refractivity contribution in [1.82, 2.24) is 0 Å². The van der Waals surface area contributed by atoms with Crippen LogP contribution in [0.3, 0.4) is 0 Å². The average molecular weight is 280 g/mol. The second-order valence-electron chi connectivity index (χ2n) is 4.50. The first-order chi connectivity index (χ1) is 7.61. The SMILES string of the molecule is CC(=O)C1[CH-]CCC1.O=C(O)C1[CH-]CCC1.[Fe+2]. The van der Waals surface area contributed by atoms with Crippen molar-refractivity contribution in [1.29, 1.82) is 0 Å². The Morgan fingerprint density at radius 3 is 1.71 bits per heavy atom. The second kappa shape index (κ2) is 8.71. The zero-order valence-corrected chi connectivity index (χ0v) is 11.3. The zero-order chi connectivity index (χ0) is 12.0. The van der Waals surface area contributed by atoms with Crippen LogP contribution in [0.15, 0.2) is 0 Å². The third kappa shape index (κ3) is 6.23. The summed E-state index contributed by atoms with van der Waals surface area (Å²) in [5.74, 6) is -0.171. The molecule has 0 spiro atoms. The van der Waals surface area contributed by atoms with Crippen LogP contribution in [-0.4, -0.2) is 16.9 Å². The molecule has 0 aromatic rings. The van der Waals surface area contributed by atoms with Gasteiger partial charge in [-0.05, 0) is 6.92 Å². The maximum Gasteiger partial charge on any atom is 2.00 e. The van der Waals surface area contributed by atoms with Gasteiger partial charge in [0.2, 0.25) is 0 Å². The normalized spacial score (nSPS) is 26.6. The van der Waals surface area contributed by atoms with Gasteiger partial charge < -0.3 is 22.7 Å². The summed E-state index contributed by atoms with van der Waals surface area (Å²) in [4.78, 5) is 20.8. The van der Waals surface area contributed by atoms with Crippen LogP contribution in [0.4, 0.5) is 0 Å². The van der Waals surface area contributed by atoms with Crippen LogP contribution in [0.1, 0.15) is 45.4 Å². The first kappa shape index (κ1) is 16.7. The fourth-order valence-corrected chi connectivity index (χ4v) is 2.14. The van der Waals surface area contributed by atoms with E-state index < -0.39 is 5.97 Å². The fourth-order valence-electron chi connectivity index (χ4n) is 2.14. The minimum atomic E-state index is -0.664. The summed E-state index contributed by atoms with van der Waals surface area (Å²) < 4.78 is 0. The van der Waals surface area contributed by atoms with E-state index in [1.165, 1.54) is 6.42 Å². The van der Waals surface area contributed by atoms with Gasteiger partial charge in [0, 0.05) is 0 Å². The van der Waals surface area contributed by atoms with E-state index in [0.717, 1.165) is 32.1 Å². The second-order valence-corrected chi connectivity index (χ2v) is 4.50.